The van der Waals surface area contributed by atoms with Crippen molar-refractivity contribution in [3.63, 3.8) is 0 Å². The zero-order valence-corrected chi connectivity index (χ0v) is 9.81. The molecular formula is C14H13NO2. The molecule has 0 spiro atoms. The molecule has 0 aliphatic carbocycles. The number of hydrogen-bond acceptors (Lipinski definition) is 3. The van der Waals surface area contributed by atoms with Crippen LogP contribution in [0.4, 0.5) is 0 Å². The molecular weight excluding hydrogens is 214 g/mol. The van der Waals surface area contributed by atoms with Crippen LogP contribution in [-0.2, 0) is 4.74 Å². The van der Waals surface area contributed by atoms with E-state index in [-0.39, 0.29) is 5.97 Å². The van der Waals surface area contributed by atoms with Crippen LogP contribution < -0.4 is 0 Å². The molecule has 3 nitrogen and oxygen atoms in total. The summed E-state index contributed by atoms with van der Waals surface area (Å²) in [6.07, 6.45) is 1.75. The third kappa shape index (κ3) is 2.33. The van der Waals surface area contributed by atoms with Gasteiger partial charge in [0.1, 0.15) is 0 Å². The van der Waals surface area contributed by atoms with Gasteiger partial charge in [-0.25, -0.2) is 4.79 Å². The van der Waals surface area contributed by atoms with Crippen LogP contribution in [0.1, 0.15) is 15.9 Å². The lowest BCUT2D eigenvalue weighted by Gasteiger charge is -2.06. The number of ether oxygens (including phenoxy) is 1. The maximum atomic E-state index is 11.4. The summed E-state index contributed by atoms with van der Waals surface area (Å²) in [5.74, 6) is -0.319. The summed E-state index contributed by atoms with van der Waals surface area (Å²) in [5, 5.41) is 0. The fraction of sp³-hybridized carbons (Fsp3) is 0.143. The number of aromatic nitrogens is 1. The molecule has 1 aromatic carbocycles. The van der Waals surface area contributed by atoms with E-state index in [9.17, 15) is 4.79 Å². The zero-order valence-electron chi connectivity index (χ0n) is 9.81. The van der Waals surface area contributed by atoms with Crippen LogP contribution >= 0.6 is 0 Å². The van der Waals surface area contributed by atoms with E-state index >= 15 is 0 Å². The third-order valence-electron chi connectivity index (χ3n) is 2.59. The van der Waals surface area contributed by atoms with E-state index in [1.165, 1.54) is 7.11 Å². The van der Waals surface area contributed by atoms with E-state index in [2.05, 4.69) is 9.72 Å². The van der Waals surface area contributed by atoms with E-state index in [4.69, 9.17) is 0 Å². The van der Waals surface area contributed by atoms with Gasteiger partial charge in [0, 0.05) is 11.8 Å². The molecule has 0 fully saturated rings. The molecule has 0 radical (unpaired) electrons. The minimum Gasteiger partial charge on any atom is -0.465 e. The van der Waals surface area contributed by atoms with Crippen LogP contribution in [-0.4, -0.2) is 18.1 Å². The quantitative estimate of drug-likeness (QED) is 0.740. The average Bonchev–Trinajstić information content (AvgIpc) is 2.38. The monoisotopic (exact) mass is 227 g/mol. The maximum Gasteiger partial charge on any atom is 0.337 e. The first-order valence-corrected chi connectivity index (χ1v) is 5.33. The lowest BCUT2D eigenvalue weighted by Crippen LogP contribution is -2.01. The number of nitrogens with zero attached hydrogens (tertiary/aromatic N) is 1. The summed E-state index contributed by atoms with van der Waals surface area (Å²) >= 11 is 0. The molecule has 86 valence electrons. The Labute approximate surface area is 100 Å². The molecule has 0 aliphatic rings. The number of benzene rings is 1. The Bertz CT molecular complexity index is 535. The highest BCUT2D eigenvalue weighted by atomic mass is 16.5. The van der Waals surface area contributed by atoms with E-state index in [1.54, 1.807) is 12.3 Å². The largest absolute Gasteiger partial charge is 0.465 e. The minimum atomic E-state index is -0.319. The second-order valence-electron chi connectivity index (χ2n) is 3.74. The SMILES string of the molecule is COC(=O)c1ccc(-c2ccccn2)c(C)c1. The van der Waals surface area contributed by atoms with Gasteiger partial charge < -0.3 is 4.74 Å². The number of aryl methyl sites for hydroxylation is 1. The number of pyridine rings is 1. The van der Waals surface area contributed by atoms with E-state index in [0.717, 1.165) is 16.8 Å². The van der Waals surface area contributed by atoms with Crippen molar-refractivity contribution >= 4 is 5.97 Å². The number of esters is 1. The summed E-state index contributed by atoms with van der Waals surface area (Å²) in [5.41, 5.74) is 3.50. The lowest BCUT2D eigenvalue weighted by atomic mass is 10.0. The molecule has 3 heteroatoms. The van der Waals surface area contributed by atoms with Crippen molar-refractivity contribution in [1.29, 1.82) is 0 Å². The predicted octanol–water partition coefficient (Wildman–Crippen LogP) is 2.84. The Kier molecular flexibility index (Phi) is 3.19. The van der Waals surface area contributed by atoms with E-state index in [1.807, 2.05) is 37.3 Å². The molecule has 0 amide bonds. The van der Waals surface area contributed by atoms with Crippen molar-refractivity contribution in [2.45, 2.75) is 6.92 Å². The van der Waals surface area contributed by atoms with Crippen molar-refractivity contribution in [2.75, 3.05) is 7.11 Å². The second kappa shape index (κ2) is 4.78. The summed E-state index contributed by atoms with van der Waals surface area (Å²) in [6.45, 7) is 1.95. The highest BCUT2D eigenvalue weighted by Gasteiger charge is 2.08. The van der Waals surface area contributed by atoms with Gasteiger partial charge in [-0.1, -0.05) is 12.1 Å². The minimum absolute atomic E-state index is 0.319. The standard InChI is InChI=1S/C14H13NO2/c1-10-9-11(14(16)17-2)6-7-12(10)13-5-3-4-8-15-13/h3-9H,1-2H3. The number of rotatable bonds is 2. The van der Waals surface area contributed by atoms with Gasteiger partial charge in [0.05, 0.1) is 18.4 Å². The van der Waals surface area contributed by atoms with Crippen molar-refractivity contribution in [3.05, 3.63) is 53.7 Å². The molecule has 0 aliphatic heterocycles. The van der Waals surface area contributed by atoms with Crippen molar-refractivity contribution < 1.29 is 9.53 Å². The normalized spacial score (nSPS) is 10.0. The Hall–Kier alpha value is -2.16. The number of carbonyl (C=O) groups is 1. The van der Waals surface area contributed by atoms with Gasteiger partial charge in [-0.2, -0.15) is 0 Å². The summed E-state index contributed by atoms with van der Waals surface area (Å²) < 4.78 is 4.68. The van der Waals surface area contributed by atoms with Crippen LogP contribution in [0.25, 0.3) is 11.3 Å². The predicted molar refractivity (Wildman–Crippen MR) is 65.7 cm³/mol. The number of carbonyl (C=O) groups excluding carboxylic acids is 1. The third-order valence-corrected chi connectivity index (χ3v) is 2.59. The first-order chi connectivity index (χ1) is 8.22. The number of hydrogen-bond donors (Lipinski definition) is 0. The Morgan fingerprint density at radius 2 is 2.06 bits per heavy atom. The molecule has 0 saturated heterocycles. The lowest BCUT2D eigenvalue weighted by molar-refractivity contribution is 0.0600. The van der Waals surface area contributed by atoms with Gasteiger partial charge in [-0.15, -0.1) is 0 Å². The number of methoxy groups -OCH3 is 1. The van der Waals surface area contributed by atoms with Gasteiger partial charge in [-0.3, -0.25) is 4.98 Å². The first-order valence-electron chi connectivity index (χ1n) is 5.33. The molecule has 1 aromatic heterocycles. The highest BCUT2D eigenvalue weighted by molar-refractivity contribution is 5.90. The smallest absolute Gasteiger partial charge is 0.337 e. The Morgan fingerprint density at radius 1 is 1.24 bits per heavy atom. The van der Waals surface area contributed by atoms with E-state index < -0.39 is 0 Å². The van der Waals surface area contributed by atoms with Crippen molar-refractivity contribution in [3.8, 4) is 11.3 Å². The summed E-state index contributed by atoms with van der Waals surface area (Å²) in [6, 6.07) is 11.2. The second-order valence-corrected chi connectivity index (χ2v) is 3.74. The Morgan fingerprint density at radius 3 is 2.65 bits per heavy atom. The summed E-state index contributed by atoms with van der Waals surface area (Å²) in [7, 11) is 1.38. The molecule has 2 aromatic rings. The maximum absolute atomic E-state index is 11.4. The van der Waals surface area contributed by atoms with Crippen molar-refractivity contribution in [2.24, 2.45) is 0 Å². The molecule has 17 heavy (non-hydrogen) atoms. The van der Waals surface area contributed by atoms with Crippen LogP contribution in [0.5, 0.6) is 0 Å². The van der Waals surface area contributed by atoms with Gasteiger partial charge >= 0.3 is 5.97 Å². The zero-order chi connectivity index (χ0) is 12.3. The van der Waals surface area contributed by atoms with Gasteiger partial charge in [-0.05, 0) is 36.8 Å². The van der Waals surface area contributed by atoms with E-state index in [0.29, 0.717) is 5.56 Å². The first kappa shape index (κ1) is 11.3. The highest BCUT2D eigenvalue weighted by Crippen LogP contribution is 2.22. The Balaban J connectivity index is 2.42. The average molecular weight is 227 g/mol. The molecule has 0 atom stereocenters. The molecule has 2 rings (SSSR count). The van der Waals surface area contributed by atoms with Crippen LogP contribution in [0, 0.1) is 6.92 Å². The molecule has 0 unspecified atom stereocenters. The van der Waals surface area contributed by atoms with Crippen LogP contribution in [0.3, 0.4) is 0 Å². The molecule has 0 bridgehead atoms. The van der Waals surface area contributed by atoms with Gasteiger partial charge in [0.15, 0.2) is 0 Å². The fourth-order valence-electron chi connectivity index (χ4n) is 1.72. The topological polar surface area (TPSA) is 39.2 Å². The summed E-state index contributed by atoms with van der Waals surface area (Å²) in [4.78, 5) is 15.7. The fourth-order valence-corrected chi connectivity index (χ4v) is 1.72. The molecule has 1 heterocycles. The van der Waals surface area contributed by atoms with Crippen LogP contribution in [0.15, 0.2) is 42.6 Å². The molecule has 0 saturated carbocycles. The molecule has 0 N–H and O–H groups in total. The van der Waals surface area contributed by atoms with Crippen molar-refractivity contribution in [1.82, 2.24) is 4.98 Å². The van der Waals surface area contributed by atoms with Gasteiger partial charge in [0.2, 0.25) is 0 Å². The van der Waals surface area contributed by atoms with Crippen LogP contribution in [0.2, 0.25) is 0 Å². The van der Waals surface area contributed by atoms with Gasteiger partial charge in [0.25, 0.3) is 0 Å².